The minimum absolute atomic E-state index is 0.0462. The van der Waals surface area contributed by atoms with E-state index >= 15 is 0 Å². The summed E-state index contributed by atoms with van der Waals surface area (Å²) in [6, 6.07) is 18.3. The zero-order chi connectivity index (χ0) is 14.7. The lowest BCUT2D eigenvalue weighted by molar-refractivity contribution is 0.122. The van der Waals surface area contributed by atoms with Crippen LogP contribution < -0.4 is 0 Å². The van der Waals surface area contributed by atoms with Crippen molar-refractivity contribution in [2.45, 2.75) is 19.1 Å². The van der Waals surface area contributed by atoms with E-state index in [1.165, 1.54) is 5.56 Å². The van der Waals surface area contributed by atoms with Gasteiger partial charge in [0.15, 0.2) is 0 Å². The second-order valence-corrected chi connectivity index (χ2v) is 5.18. The number of aliphatic hydroxyl groups excluding tert-OH is 1. The third kappa shape index (κ3) is 2.88. The Hall–Kier alpha value is -2.39. The van der Waals surface area contributed by atoms with Gasteiger partial charge in [-0.05, 0) is 23.6 Å². The maximum atomic E-state index is 10.5. The summed E-state index contributed by atoms with van der Waals surface area (Å²) in [6.07, 6.45) is 4.77. The normalized spacial score (nSPS) is 13.8. The Morgan fingerprint density at radius 3 is 2.24 bits per heavy atom. The van der Waals surface area contributed by atoms with E-state index in [2.05, 4.69) is 29.2 Å². The van der Waals surface area contributed by atoms with Crippen LogP contribution in [0.1, 0.15) is 24.6 Å². The van der Waals surface area contributed by atoms with Crippen molar-refractivity contribution in [1.82, 2.24) is 9.55 Å². The molecule has 3 aromatic rings. The van der Waals surface area contributed by atoms with Crippen LogP contribution in [0.25, 0.3) is 11.1 Å². The Morgan fingerprint density at radius 2 is 1.62 bits per heavy atom. The Bertz CT molecular complexity index is 675. The van der Waals surface area contributed by atoms with Gasteiger partial charge in [0, 0.05) is 12.4 Å². The highest BCUT2D eigenvalue weighted by molar-refractivity contribution is 5.63. The molecule has 0 unspecified atom stereocenters. The standard InChI is InChI=1S/C18H18N2O/c1-14(20-12-11-19-13-20)18(21)17-9-7-16(8-10-17)15-5-3-2-4-6-15/h2-14,18,21H,1H3/t14-,18-/m0/s1. The van der Waals surface area contributed by atoms with Crippen molar-refractivity contribution in [3.63, 3.8) is 0 Å². The molecule has 0 aliphatic rings. The lowest BCUT2D eigenvalue weighted by Gasteiger charge is -2.20. The number of rotatable bonds is 4. The molecule has 0 radical (unpaired) electrons. The highest BCUT2D eigenvalue weighted by Gasteiger charge is 2.17. The first-order valence-corrected chi connectivity index (χ1v) is 7.06. The van der Waals surface area contributed by atoms with E-state index in [-0.39, 0.29) is 6.04 Å². The van der Waals surface area contributed by atoms with Gasteiger partial charge in [-0.3, -0.25) is 0 Å². The minimum atomic E-state index is -0.552. The number of benzene rings is 2. The number of hydrogen-bond donors (Lipinski definition) is 1. The highest BCUT2D eigenvalue weighted by Crippen LogP contribution is 2.28. The van der Waals surface area contributed by atoms with Crippen molar-refractivity contribution in [2.24, 2.45) is 0 Å². The lowest BCUT2D eigenvalue weighted by atomic mass is 9.99. The van der Waals surface area contributed by atoms with Gasteiger partial charge in [-0.2, -0.15) is 0 Å². The van der Waals surface area contributed by atoms with Crippen LogP contribution in [0, 0.1) is 0 Å². The molecule has 1 heterocycles. The minimum Gasteiger partial charge on any atom is -0.386 e. The van der Waals surface area contributed by atoms with Gasteiger partial charge in [-0.15, -0.1) is 0 Å². The number of hydrogen-bond acceptors (Lipinski definition) is 2. The van der Waals surface area contributed by atoms with Crippen molar-refractivity contribution in [1.29, 1.82) is 0 Å². The van der Waals surface area contributed by atoms with E-state index in [9.17, 15) is 5.11 Å². The summed E-state index contributed by atoms with van der Waals surface area (Å²) in [4.78, 5) is 4.02. The highest BCUT2D eigenvalue weighted by atomic mass is 16.3. The van der Waals surface area contributed by atoms with Gasteiger partial charge >= 0.3 is 0 Å². The Balaban J connectivity index is 1.81. The van der Waals surface area contributed by atoms with Crippen molar-refractivity contribution in [3.05, 3.63) is 78.9 Å². The average molecular weight is 278 g/mol. The zero-order valence-electron chi connectivity index (χ0n) is 11.9. The van der Waals surface area contributed by atoms with Gasteiger partial charge < -0.3 is 9.67 Å². The summed E-state index contributed by atoms with van der Waals surface area (Å²) >= 11 is 0. The molecule has 0 fully saturated rings. The van der Waals surface area contributed by atoms with Crippen molar-refractivity contribution < 1.29 is 5.11 Å². The van der Waals surface area contributed by atoms with Crippen LogP contribution in [0.5, 0.6) is 0 Å². The molecule has 3 nitrogen and oxygen atoms in total. The number of imidazole rings is 1. The maximum absolute atomic E-state index is 10.5. The van der Waals surface area contributed by atoms with Crippen molar-refractivity contribution in [3.8, 4) is 11.1 Å². The molecular formula is C18H18N2O. The molecule has 2 atom stereocenters. The Morgan fingerprint density at radius 1 is 0.952 bits per heavy atom. The first kappa shape index (κ1) is 13.6. The van der Waals surface area contributed by atoms with Crippen molar-refractivity contribution in [2.75, 3.05) is 0 Å². The molecule has 1 aromatic heterocycles. The largest absolute Gasteiger partial charge is 0.386 e. The molecule has 21 heavy (non-hydrogen) atoms. The molecule has 2 aromatic carbocycles. The van der Waals surface area contributed by atoms with Crippen LogP contribution in [-0.2, 0) is 0 Å². The fourth-order valence-corrected chi connectivity index (χ4v) is 2.46. The molecule has 3 rings (SSSR count). The first-order chi connectivity index (χ1) is 10.3. The number of aliphatic hydroxyl groups is 1. The molecule has 0 saturated heterocycles. The fourth-order valence-electron chi connectivity index (χ4n) is 2.46. The third-order valence-electron chi connectivity index (χ3n) is 3.81. The van der Waals surface area contributed by atoms with Crippen LogP contribution in [0.3, 0.4) is 0 Å². The summed E-state index contributed by atoms with van der Waals surface area (Å²) in [6.45, 7) is 1.98. The van der Waals surface area contributed by atoms with Gasteiger partial charge in [-0.25, -0.2) is 4.98 Å². The third-order valence-corrected chi connectivity index (χ3v) is 3.81. The predicted molar refractivity (Wildman–Crippen MR) is 83.8 cm³/mol. The maximum Gasteiger partial charge on any atom is 0.0994 e. The second kappa shape index (κ2) is 5.94. The van der Waals surface area contributed by atoms with E-state index in [0.717, 1.165) is 11.1 Å². The SMILES string of the molecule is C[C@@H]([C@H](O)c1ccc(-c2ccccc2)cc1)n1ccnc1. The average Bonchev–Trinajstić information content (AvgIpc) is 3.09. The Kier molecular flexibility index (Phi) is 3.84. The molecule has 0 aliphatic heterocycles. The van der Waals surface area contributed by atoms with E-state index in [0.29, 0.717) is 0 Å². The predicted octanol–water partition coefficient (Wildman–Crippen LogP) is 3.84. The van der Waals surface area contributed by atoms with E-state index in [1.54, 1.807) is 12.5 Å². The van der Waals surface area contributed by atoms with Gasteiger partial charge in [-0.1, -0.05) is 54.6 Å². The molecular weight excluding hydrogens is 260 g/mol. The first-order valence-electron chi connectivity index (χ1n) is 7.06. The molecule has 106 valence electrons. The molecule has 0 saturated carbocycles. The van der Waals surface area contributed by atoms with E-state index in [1.807, 2.05) is 48.0 Å². The quantitative estimate of drug-likeness (QED) is 0.787. The lowest BCUT2D eigenvalue weighted by Crippen LogP contribution is -2.13. The number of aromatic nitrogens is 2. The van der Waals surface area contributed by atoms with Crippen molar-refractivity contribution >= 4 is 0 Å². The van der Waals surface area contributed by atoms with Gasteiger partial charge in [0.05, 0.1) is 18.5 Å². The molecule has 0 bridgehead atoms. The summed E-state index contributed by atoms with van der Waals surface area (Å²) in [5, 5.41) is 10.5. The monoisotopic (exact) mass is 278 g/mol. The van der Waals surface area contributed by atoms with Crippen LogP contribution in [0.2, 0.25) is 0 Å². The van der Waals surface area contributed by atoms with Crippen LogP contribution >= 0.6 is 0 Å². The van der Waals surface area contributed by atoms with Gasteiger partial charge in [0.25, 0.3) is 0 Å². The Labute approximate surface area is 124 Å². The van der Waals surface area contributed by atoms with Gasteiger partial charge in [0.2, 0.25) is 0 Å². The molecule has 0 aliphatic carbocycles. The summed E-state index contributed by atoms with van der Waals surface area (Å²) in [5.41, 5.74) is 3.25. The second-order valence-electron chi connectivity index (χ2n) is 5.18. The zero-order valence-corrected chi connectivity index (χ0v) is 11.9. The molecule has 3 heteroatoms. The van der Waals surface area contributed by atoms with Gasteiger partial charge in [0.1, 0.15) is 0 Å². The van der Waals surface area contributed by atoms with Crippen LogP contribution in [0.4, 0.5) is 0 Å². The number of nitrogens with zero attached hydrogens (tertiary/aromatic N) is 2. The summed E-state index contributed by atoms with van der Waals surface area (Å²) in [5.74, 6) is 0. The molecule has 0 spiro atoms. The summed E-state index contributed by atoms with van der Waals surface area (Å²) < 4.78 is 1.91. The van der Waals surface area contributed by atoms with Crippen LogP contribution in [-0.4, -0.2) is 14.7 Å². The smallest absolute Gasteiger partial charge is 0.0994 e. The topological polar surface area (TPSA) is 38.0 Å². The van der Waals surface area contributed by atoms with E-state index in [4.69, 9.17) is 0 Å². The van der Waals surface area contributed by atoms with Crippen LogP contribution in [0.15, 0.2) is 73.3 Å². The van der Waals surface area contributed by atoms with E-state index < -0.39 is 6.10 Å². The summed E-state index contributed by atoms with van der Waals surface area (Å²) in [7, 11) is 0. The molecule has 1 N–H and O–H groups in total. The molecule has 0 amide bonds. The fraction of sp³-hybridized carbons (Fsp3) is 0.167.